The van der Waals surface area contributed by atoms with Crippen LogP contribution in [0.4, 0.5) is 0 Å². The summed E-state index contributed by atoms with van der Waals surface area (Å²) in [6, 6.07) is 2.78. The molecule has 84 valence electrons. The highest BCUT2D eigenvalue weighted by Crippen LogP contribution is 2.14. The summed E-state index contributed by atoms with van der Waals surface area (Å²) in [6.07, 6.45) is 4.52. The Morgan fingerprint density at radius 3 is 3.27 bits per heavy atom. The number of rotatable bonds is 5. The van der Waals surface area contributed by atoms with Gasteiger partial charge in [0.2, 0.25) is 0 Å². The van der Waals surface area contributed by atoms with E-state index in [1.807, 2.05) is 6.07 Å². The molecule has 0 spiro atoms. The fourth-order valence-corrected chi connectivity index (χ4v) is 2.15. The van der Waals surface area contributed by atoms with Crippen molar-refractivity contribution in [1.82, 2.24) is 20.4 Å². The van der Waals surface area contributed by atoms with Crippen LogP contribution in [0.2, 0.25) is 0 Å². The third-order valence-electron chi connectivity index (χ3n) is 3.14. The Labute approximate surface area is 91.1 Å². The molecule has 1 atom stereocenters. The molecule has 1 aromatic heterocycles. The van der Waals surface area contributed by atoms with E-state index in [0.717, 1.165) is 31.4 Å². The Morgan fingerprint density at radius 1 is 1.67 bits per heavy atom. The van der Waals surface area contributed by atoms with E-state index in [4.69, 9.17) is 0 Å². The van der Waals surface area contributed by atoms with Crippen molar-refractivity contribution in [3.8, 4) is 0 Å². The summed E-state index contributed by atoms with van der Waals surface area (Å²) in [5, 5.41) is 10.3. The van der Waals surface area contributed by atoms with E-state index in [9.17, 15) is 0 Å². The first kappa shape index (κ1) is 10.6. The van der Waals surface area contributed by atoms with Crippen LogP contribution in [0.25, 0.3) is 0 Å². The van der Waals surface area contributed by atoms with Crippen molar-refractivity contribution in [3.05, 3.63) is 18.0 Å². The molecule has 1 aliphatic rings. The second kappa shape index (κ2) is 5.28. The molecule has 0 bridgehead atoms. The molecule has 15 heavy (non-hydrogen) atoms. The Kier molecular flexibility index (Phi) is 3.75. The van der Waals surface area contributed by atoms with Gasteiger partial charge in [0.05, 0.1) is 0 Å². The van der Waals surface area contributed by atoms with Gasteiger partial charge in [0.15, 0.2) is 0 Å². The van der Waals surface area contributed by atoms with Gasteiger partial charge < -0.3 is 5.32 Å². The molecule has 0 amide bonds. The Morgan fingerprint density at radius 2 is 2.60 bits per heavy atom. The molecule has 1 aliphatic heterocycles. The van der Waals surface area contributed by atoms with Gasteiger partial charge in [-0.3, -0.25) is 10.00 Å². The molecule has 0 aromatic carbocycles. The number of hydrogen-bond donors (Lipinski definition) is 2. The first-order valence-corrected chi connectivity index (χ1v) is 5.79. The molecule has 1 aromatic rings. The standard InChI is InChI=1S/C11H20N4/c1-10-3-2-7-15(10)8-6-12-9-11-4-5-13-14-11/h4-5,10,12H,2-3,6-9H2,1H3,(H,13,14). The van der Waals surface area contributed by atoms with Crippen molar-refractivity contribution in [2.24, 2.45) is 0 Å². The van der Waals surface area contributed by atoms with Crippen molar-refractivity contribution in [2.45, 2.75) is 32.4 Å². The number of hydrogen-bond acceptors (Lipinski definition) is 3. The molecule has 2 heterocycles. The highest BCUT2D eigenvalue weighted by molar-refractivity contribution is 4.96. The van der Waals surface area contributed by atoms with E-state index in [1.165, 1.54) is 19.4 Å². The summed E-state index contributed by atoms with van der Waals surface area (Å²) >= 11 is 0. The molecule has 2 rings (SSSR count). The van der Waals surface area contributed by atoms with Crippen molar-refractivity contribution >= 4 is 0 Å². The van der Waals surface area contributed by atoms with Crippen LogP contribution < -0.4 is 5.32 Å². The lowest BCUT2D eigenvalue weighted by Crippen LogP contribution is -2.34. The van der Waals surface area contributed by atoms with E-state index in [-0.39, 0.29) is 0 Å². The SMILES string of the molecule is CC1CCCN1CCNCc1ccn[nH]1. The summed E-state index contributed by atoms with van der Waals surface area (Å²) in [7, 11) is 0. The van der Waals surface area contributed by atoms with Gasteiger partial charge in [-0.1, -0.05) is 0 Å². The van der Waals surface area contributed by atoms with Crippen LogP contribution in [0.1, 0.15) is 25.5 Å². The maximum absolute atomic E-state index is 3.92. The number of likely N-dealkylation sites (tertiary alicyclic amines) is 1. The van der Waals surface area contributed by atoms with Gasteiger partial charge in [0.25, 0.3) is 0 Å². The average Bonchev–Trinajstić information content (AvgIpc) is 2.85. The second-order valence-electron chi connectivity index (χ2n) is 4.29. The van der Waals surface area contributed by atoms with Gasteiger partial charge in [0, 0.05) is 37.6 Å². The van der Waals surface area contributed by atoms with Gasteiger partial charge in [-0.05, 0) is 32.4 Å². The zero-order valence-corrected chi connectivity index (χ0v) is 9.37. The van der Waals surface area contributed by atoms with E-state index < -0.39 is 0 Å². The predicted octanol–water partition coefficient (Wildman–Crippen LogP) is 0.984. The minimum absolute atomic E-state index is 0.777. The van der Waals surface area contributed by atoms with Crippen LogP contribution in [0, 0.1) is 0 Å². The molecule has 1 unspecified atom stereocenters. The third kappa shape index (κ3) is 3.04. The molecule has 2 N–H and O–H groups in total. The number of aromatic nitrogens is 2. The van der Waals surface area contributed by atoms with E-state index in [1.54, 1.807) is 6.20 Å². The summed E-state index contributed by atoms with van der Waals surface area (Å²) in [5.74, 6) is 0. The van der Waals surface area contributed by atoms with Gasteiger partial charge in [-0.2, -0.15) is 5.10 Å². The van der Waals surface area contributed by atoms with Crippen LogP contribution in [0.5, 0.6) is 0 Å². The molecule has 4 heteroatoms. The van der Waals surface area contributed by atoms with Gasteiger partial charge in [0.1, 0.15) is 0 Å². The van der Waals surface area contributed by atoms with Crippen LogP contribution in [0.3, 0.4) is 0 Å². The minimum Gasteiger partial charge on any atom is -0.310 e. The quantitative estimate of drug-likeness (QED) is 0.709. The van der Waals surface area contributed by atoms with Crippen molar-refractivity contribution < 1.29 is 0 Å². The third-order valence-corrected chi connectivity index (χ3v) is 3.14. The Hall–Kier alpha value is -0.870. The number of aromatic amines is 1. The van der Waals surface area contributed by atoms with Gasteiger partial charge >= 0.3 is 0 Å². The monoisotopic (exact) mass is 208 g/mol. The summed E-state index contributed by atoms with van der Waals surface area (Å²) in [6.45, 7) is 6.70. The van der Waals surface area contributed by atoms with Crippen LogP contribution in [-0.4, -0.2) is 40.8 Å². The molecule has 4 nitrogen and oxygen atoms in total. The topological polar surface area (TPSA) is 44.0 Å². The molecular weight excluding hydrogens is 188 g/mol. The molecule has 1 fully saturated rings. The predicted molar refractivity (Wildman–Crippen MR) is 60.6 cm³/mol. The normalized spacial score (nSPS) is 22.3. The molecule has 1 saturated heterocycles. The number of nitrogens with zero attached hydrogens (tertiary/aromatic N) is 2. The maximum atomic E-state index is 3.92. The summed E-state index contributed by atoms with van der Waals surface area (Å²) < 4.78 is 0. The van der Waals surface area contributed by atoms with Crippen LogP contribution in [-0.2, 0) is 6.54 Å². The first-order valence-electron chi connectivity index (χ1n) is 5.79. The van der Waals surface area contributed by atoms with Crippen molar-refractivity contribution in [3.63, 3.8) is 0 Å². The lowest BCUT2D eigenvalue weighted by atomic mass is 10.2. The molecule has 0 radical (unpaired) electrons. The van der Waals surface area contributed by atoms with Crippen molar-refractivity contribution in [1.29, 1.82) is 0 Å². The Bertz CT molecular complexity index is 270. The molecular formula is C11H20N4. The fraction of sp³-hybridized carbons (Fsp3) is 0.727. The largest absolute Gasteiger partial charge is 0.310 e. The fourth-order valence-electron chi connectivity index (χ4n) is 2.15. The number of nitrogens with one attached hydrogen (secondary N) is 2. The van der Waals surface area contributed by atoms with Gasteiger partial charge in [-0.15, -0.1) is 0 Å². The van der Waals surface area contributed by atoms with E-state index >= 15 is 0 Å². The van der Waals surface area contributed by atoms with Crippen LogP contribution in [0.15, 0.2) is 12.3 Å². The van der Waals surface area contributed by atoms with E-state index in [0.29, 0.717) is 0 Å². The lowest BCUT2D eigenvalue weighted by molar-refractivity contribution is 0.268. The van der Waals surface area contributed by atoms with Crippen molar-refractivity contribution in [2.75, 3.05) is 19.6 Å². The highest BCUT2D eigenvalue weighted by atomic mass is 15.2. The average molecular weight is 208 g/mol. The molecule has 0 saturated carbocycles. The summed E-state index contributed by atoms with van der Waals surface area (Å²) in [4.78, 5) is 2.56. The maximum Gasteiger partial charge on any atom is 0.0490 e. The van der Waals surface area contributed by atoms with E-state index in [2.05, 4.69) is 27.3 Å². The summed E-state index contributed by atoms with van der Waals surface area (Å²) in [5.41, 5.74) is 1.16. The minimum atomic E-state index is 0.777. The first-order chi connectivity index (χ1) is 7.36. The van der Waals surface area contributed by atoms with Gasteiger partial charge in [-0.25, -0.2) is 0 Å². The second-order valence-corrected chi connectivity index (χ2v) is 4.29. The highest BCUT2D eigenvalue weighted by Gasteiger charge is 2.18. The number of H-pyrrole nitrogens is 1. The zero-order chi connectivity index (χ0) is 10.5. The Balaban J connectivity index is 1.59. The zero-order valence-electron chi connectivity index (χ0n) is 9.37. The molecule has 0 aliphatic carbocycles. The smallest absolute Gasteiger partial charge is 0.0490 e. The van der Waals surface area contributed by atoms with Crippen LogP contribution >= 0.6 is 0 Å². The lowest BCUT2D eigenvalue weighted by Gasteiger charge is -2.20.